The molecule has 2 aliphatic rings. The van der Waals surface area contributed by atoms with Gasteiger partial charge in [-0.2, -0.15) is 0 Å². The van der Waals surface area contributed by atoms with E-state index in [1.54, 1.807) is 0 Å². The molecule has 152 valence electrons. The van der Waals surface area contributed by atoms with Gasteiger partial charge in [-0.15, -0.1) is 24.0 Å². The fourth-order valence-corrected chi connectivity index (χ4v) is 3.79. The number of aliphatic imine (C=N–C) groups is 1. The maximum Gasteiger partial charge on any atom is 0.191 e. The van der Waals surface area contributed by atoms with Crippen LogP contribution in [-0.2, 0) is 6.54 Å². The molecule has 2 fully saturated rings. The topological polar surface area (TPSA) is 55.8 Å². The van der Waals surface area contributed by atoms with Gasteiger partial charge in [-0.1, -0.05) is 6.42 Å². The van der Waals surface area contributed by atoms with Gasteiger partial charge in [-0.25, -0.2) is 4.98 Å². The Morgan fingerprint density at radius 2 is 1.74 bits per heavy atom. The lowest BCUT2D eigenvalue weighted by molar-refractivity contribution is 0.232. The Morgan fingerprint density at radius 1 is 1.04 bits per heavy atom. The predicted octanol–water partition coefficient (Wildman–Crippen LogP) is 2.84. The molecular formula is C20H35IN6. The van der Waals surface area contributed by atoms with Crippen molar-refractivity contribution in [3.05, 3.63) is 23.9 Å². The molecule has 0 saturated carbocycles. The zero-order chi connectivity index (χ0) is 18.0. The summed E-state index contributed by atoms with van der Waals surface area (Å²) in [5.41, 5.74) is 1.25. The Labute approximate surface area is 181 Å². The first-order chi connectivity index (χ1) is 12.8. The van der Waals surface area contributed by atoms with Crippen LogP contribution in [0.3, 0.4) is 0 Å². The minimum atomic E-state index is 0. The number of halogens is 1. The van der Waals surface area contributed by atoms with Crippen LogP contribution < -0.4 is 15.5 Å². The first kappa shape index (κ1) is 22.2. The van der Waals surface area contributed by atoms with E-state index in [9.17, 15) is 0 Å². The number of hydrogen-bond acceptors (Lipinski definition) is 4. The van der Waals surface area contributed by atoms with Gasteiger partial charge >= 0.3 is 0 Å². The number of rotatable bonds is 6. The van der Waals surface area contributed by atoms with Crippen molar-refractivity contribution in [2.24, 2.45) is 4.99 Å². The Kier molecular flexibility index (Phi) is 10.2. The molecule has 0 radical (unpaired) electrons. The van der Waals surface area contributed by atoms with E-state index in [1.807, 2.05) is 13.2 Å². The minimum Gasteiger partial charge on any atom is -0.357 e. The maximum absolute atomic E-state index is 4.56. The summed E-state index contributed by atoms with van der Waals surface area (Å²) in [5.74, 6) is 1.98. The van der Waals surface area contributed by atoms with E-state index in [0.29, 0.717) is 0 Å². The van der Waals surface area contributed by atoms with Crippen LogP contribution in [0.15, 0.2) is 23.3 Å². The Hall–Kier alpha value is -1.09. The molecule has 0 aliphatic carbocycles. The molecule has 1 aromatic rings. The summed E-state index contributed by atoms with van der Waals surface area (Å²) in [6, 6.07) is 4.29. The summed E-state index contributed by atoms with van der Waals surface area (Å²) in [7, 11) is 1.84. The highest BCUT2D eigenvalue weighted by molar-refractivity contribution is 14.0. The van der Waals surface area contributed by atoms with Crippen molar-refractivity contribution in [2.45, 2.75) is 45.1 Å². The summed E-state index contributed by atoms with van der Waals surface area (Å²) in [6.07, 6.45) is 9.89. The van der Waals surface area contributed by atoms with E-state index >= 15 is 0 Å². The zero-order valence-corrected chi connectivity index (χ0v) is 19.0. The van der Waals surface area contributed by atoms with E-state index in [0.717, 1.165) is 44.5 Å². The van der Waals surface area contributed by atoms with Crippen molar-refractivity contribution in [3.63, 3.8) is 0 Å². The number of aromatic nitrogens is 1. The van der Waals surface area contributed by atoms with Crippen LogP contribution >= 0.6 is 24.0 Å². The molecule has 0 spiro atoms. The summed E-state index contributed by atoms with van der Waals surface area (Å²) < 4.78 is 0. The molecule has 0 bridgehead atoms. The first-order valence-electron chi connectivity index (χ1n) is 10.2. The number of guanidine groups is 1. The molecule has 3 heterocycles. The monoisotopic (exact) mass is 486 g/mol. The van der Waals surface area contributed by atoms with Gasteiger partial charge in [0.1, 0.15) is 5.82 Å². The highest BCUT2D eigenvalue weighted by Gasteiger charge is 2.12. The number of nitrogens with one attached hydrogen (secondary N) is 2. The standard InChI is InChI=1S/C20H34N6.HI/c1-21-20(23-10-15-25-11-4-2-5-12-25)24-17-18-8-9-22-19(16-18)26-13-6-3-7-14-26;/h8-9,16H,2-7,10-15,17H2,1H3,(H2,21,23,24);1H. The Morgan fingerprint density at radius 3 is 2.44 bits per heavy atom. The third kappa shape index (κ3) is 7.44. The van der Waals surface area contributed by atoms with Crippen LogP contribution in [0.2, 0.25) is 0 Å². The van der Waals surface area contributed by atoms with Gasteiger partial charge in [0.2, 0.25) is 0 Å². The smallest absolute Gasteiger partial charge is 0.191 e. The molecule has 2 N–H and O–H groups in total. The van der Waals surface area contributed by atoms with Crippen LogP contribution in [0.1, 0.15) is 44.1 Å². The average Bonchev–Trinajstić information content (AvgIpc) is 2.72. The third-order valence-electron chi connectivity index (χ3n) is 5.34. The van der Waals surface area contributed by atoms with Crippen LogP contribution in [0, 0.1) is 0 Å². The second-order valence-corrected chi connectivity index (χ2v) is 7.32. The van der Waals surface area contributed by atoms with Crippen molar-refractivity contribution in [1.82, 2.24) is 20.5 Å². The summed E-state index contributed by atoms with van der Waals surface area (Å²) in [4.78, 5) is 13.8. The number of pyridine rings is 1. The average molecular weight is 486 g/mol. The molecule has 2 aliphatic heterocycles. The van der Waals surface area contributed by atoms with Crippen LogP contribution in [-0.4, -0.2) is 62.2 Å². The predicted molar refractivity (Wildman–Crippen MR) is 124 cm³/mol. The third-order valence-corrected chi connectivity index (χ3v) is 5.34. The van der Waals surface area contributed by atoms with Gasteiger partial charge in [-0.05, 0) is 62.9 Å². The maximum atomic E-state index is 4.56. The molecule has 27 heavy (non-hydrogen) atoms. The van der Waals surface area contributed by atoms with Gasteiger partial charge in [0.25, 0.3) is 0 Å². The number of nitrogens with zero attached hydrogens (tertiary/aromatic N) is 4. The van der Waals surface area contributed by atoms with E-state index in [4.69, 9.17) is 0 Å². The summed E-state index contributed by atoms with van der Waals surface area (Å²) >= 11 is 0. The Balaban J connectivity index is 0.00000261. The zero-order valence-electron chi connectivity index (χ0n) is 16.6. The summed E-state index contributed by atoms with van der Waals surface area (Å²) in [5, 5.41) is 6.86. The van der Waals surface area contributed by atoms with E-state index < -0.39 is 0 Å². The first-order valence-corrected chi connectivity index (χ1v) is 10.2. The molecule has 0 aromatic carbocycles. The SMILES string of the molecule is CN=C(NCCN1CCCCC1)NCc1ccnc(N2CCCCC2)c1.I. The number of piperidine rings is 2. The van der Waals surface area contributed by atoms with Gasteiger partial charge in [-0.3, -0.25) is 4.99 Å². The molecule has 6 nitrogen and oxygen atoms in total. The van der Waals surface area contributed by atoms with E-state index in [-0.39, 0.29) is 24.0 Å². The highest BCUT2D eigenvalue weighted by atomic mass is 127. The number of anilines is 1. The second-order valence-electron chi connectivity index (χ2n) is 7.32. The van der Waals surface area contributed by atoms with Gasteiger partial charge in [0, 0.05) is 46.0 Å². The van der Waals surface area contributed by atoms with Crippen LogP contribution in [0.25, 0.3) is 0 Å². The van der Waals surface area contributed by atoms with Crippen LogP contribution in [0.5, 0.6) is 0 Å². The normalized spacial score (nSPS) is 18.7. The van der Waals surface area contributed by atoms with Gasteiger partial charge in [0.15, 0.2) is 5.96 Å². The van der Waals surface area contributed by atoms with E-state index in [2.05, 4.69) is 42.5 Å². The molecule has 0 atom stereocenters. The fraction of sp³-hybridized carbons (Fsp3) is 0.700. The lowest BCUT2D eigenvalue weighted by Gasteiger charge is -2.28. The number of hydrogen-bond donors (Lipinski definition) is 2. The quantitative estimate of drug-likeness (QED) is 0.368. The number of likely N-dealkylation sites (tertiary alicyclic amines) is 1. The van der Waals surface area contributed by atoms with Gasteiger partial charge < -0.3 is 20.4 Å². The molecule has 0 unspecified atom stereocenters. The lowest BCUT2D eigenvalue weighted by atomic mass is 10.1. The van der Waals surface area contributed by atoms with Crippen LogP contribution in [0.4, 0.5) is 5.82 Å². The van der Waals surface area contributed by atoms with Gasteiger partial charge in [0.05, 0.1) is 0 Å². The van der Waals surface area contributed by atoms with Crippen molar-refractivity contribution >= 4 is 35.8 Å². The molecule has 1 aromatic heterocycles. The molecule has 2 saturated heterocycles. The minimum absolute atomic E-state index is 0. The molecule has 7 heteroatoms. The molecule has 3 rings (SSSR count). The van der Waals surface area contributed by atoms with E-state index in [1.165, 1.54) is 57.2 Å². The van der Waals surface area contributed by atoms with Crippen molar-refractivity contribution in [2.75, 3.05) is 51.2 Å². The Bertz CT molecular complexity index is 567. The second kappa shape index (κ2) is 12.4. The highest BCUT2D eigenvalue weighted by Crippen LogP contribution is 2.18. The fourth-order valence-electron chi connectivity index (χ4n) is 3.79. The van der Waals surface area contributed by atoms with Crippen molar-refractivity contribution in [1.29, 1.82) is 0 Å². The lowest BCUT2D eigenvalue weighted by Crippen LogP contribution is -2.42. The van der Waals surface area contributed by atoms with Crippen molar-refractivity contribution in [3.8, 4) is 0 Å². The summed E-state index contributed by atoms with van der Waals surface area (Å²) in [6.45, 7) is 7.54. The molecule has 0 amide bonds. The van der Waals surface area contributed by atoms with Crippen molar-refractivity contribution < 1.29 is 0 Å². The largest absolute Gasteiger partial charge is 0.357 e. The molecular weight excluding hydrogens is 451 g/mol.